The molecule has 3 heterocycles. The van der Waals surface area contributed by atoms with Crippen molar-refractivity contribution in [3.63, 3.8) is 0 Å². The lowest BCUT2D eigenvalue weighted by Gasteiger charge is -2.34. The fraction of sp³-hybridized carbons (Fsp3) is 0.500. The van der Waals surface area contributed by atoms with Gasteiger partial charge in [-0.3, -0.25) is 14.1 Å². The summed E-state index contributed by atoms with van der Waals surface area (Å²) in [5, 5.41) is 0. The summed E-state index contributed by atoms with van der Waals surface area (Å²) >= 11 is 0. The number of piperidine rings is 1. The van der Waals surface area contributed by atoms with Crippen LogP contribution in [0.3, 0.4) is 0 Å². The molecule has 9 heteroatoms. The maximum atomic E-state index is 13.3. The molecule has 0 bridgehead atoms. The number of carbonyl (C=O) groups excluding carboxylic acids is 1. The quantitative estimate of drug-likeness (QED) is 0.932. The SMILES string of the molecule is NC(=O)CN1CCCC[C@@H]1c1cc(C(F)(F)F)n2ccnc2n1. The average Bonchev–Trinajstić information content (AvgIpc) is 2.93. The lowest BCUT2D eigenvalue weighted by molar-refractivity contribution is -0.142. The van der Waals surface area contributed by atoms with Crippen molar-refractivity contribution in [2.45, 2.75) is 31.5 Å². The number of hydrogen-bond acceptors (Lipinski definition) is 4. The van der Waals surface area contributed by atoms with Gasteiger partial charge in [-0.15, -0.1) is 0 Å². The second-order valence-electron chi connectivity index (χ2n) is 5.61. The lowest BCUT2D eigenvalue weighted by Crippen LogP contribution is -2.40. The van der Waals surface area contributed by atoms with Crippen molar-refractivity contribution in [2.24, 2.45) is 5.73 Å². The number of carbonyl (C=O) groups is 1. The summed E-state index contributed by atoms with van der Waals surface area (Å²) in [6.07, 6.45) is 0.374. The number of rotatable bonds is 3. The molecule has 1 aliphatic rings. The van der Waals surface area contributed by atoms with Gasteiger partial charge < -0.3 is 5.73 Å². The van der Waals surface area contributed by atoms with E-state index in [1.165, 1.54) is 12.4 Å². The Hall–Kier alpha value is -2.16. The standard InChI is InChI=1S/C14H16F3N5O/c15-14(16,17)11-7-9(20-13-19-4-6-22(11)13)10-3-1-2-5-21(10)8-12(18)23/h4,6-7,10H,1-3,5,8H2,(H2,18,23)/t10-/m1/s1. The molecule has 3 rings (SSSR count). The molecule has 0 unspecified atom stereocenters. The van der Waals surface area contributed by atoms with Gasteiger partial charge in [-0.25, -0.2) is 9.97 Å². The third-order valence-corrected chi connectivity index (χ3v) is 4.00. The lowest BCUT2D eigenvalue weighted by atomic mass is 9.98. The highest BCUT2D eigenvalue weighted by atomic mass is 19.4. The van der Waals surface area contributed by atoms with Crippen LogP contribution in [0.4, 0.5) is 13.2 Å². The van der Waals surface area contributed by atoms with E-state index in [1.807, 2.05) is 0 Å². The summed E-state index contributed by atoms with van der Waals surface area (Å²) in [6, 6.07) is 0.678. The molecule has 2 N–H and O–H groups in total. The van der Waals surface area contributed by atoms with E-state index in [2.05, 4.69) is 9.97 Å². The van der Waals surface area contributed by atoms with E-state index in [0.29, 0.717) is 13.0 Å². The predicted molar refractivity (Wildman–Crippen MR) is 75.3 cm³/mol. The number of amides is 1. The van der Waals surface area contributed by atoms with Crippen LogP contribution in [0, 0.1) is 0 Å². The Bertz CT molecular complexity index is 727. The summed E-state index contributed by atoms with van der Waals surface area (Å²) in [7, 11) is 0. The molecule has 2 aromatic heterocycles. The molecule has 2 aromatic rings. The number of fused-ring (bicyclic) bond motifs is 1. The zero-order valence-corrected chi connectivity index (χ0v) is 12.3. The van der Waals surface area contributed by atoms with Crippen molar-refractivity contribution in [1.29, 1.82) is 0 Å². The van der Waals surface area contributed by atoms with Crippen molar-refractivity contribution in [1.82, 2.24) is 19.3 Å². The van der Waals surface area contributed by atoms with Crippen LogP contribution in [-0.4, -0.2) is 38.3 Å². The first-order valence-electron chi connectivity index (χ1n) is 7.30. The van der Waals surface area contributed by atoms with Crippen LogP contribution < -0.4 is 5.73 Å². The zero-order chi connectivity index (χ0) is 16.6. The first kappa shape index (κ1) is 15.7. The molecule has 6 nitrogen and oxygen atoms in total. The summed E-state index contributed by atoms with van der Waals surface area (Å²) in [5.41, 5.74) is 4.69. The topological polar surface area (TPSA) is 76.5 Å². The highest BCUT2D eigenvalue weighted by Crippen LogP contribution is 2.34. The molecule has 1 saturated heterocycles. The van der Waals surface area contributed by atoms with Crippen molar-refractivity contribution >= 4 is 11.7 Å². The van der Waals surface area contributed by atoms with E-state index in [1.54, 1.807) is 4.90 Å². The van der Waals surface area contributed by atoms with Gasteiger partial charge in [-0.1, -0.05) is 6.42 Å². The van der Waals surface area contributed by atoms with Crippen molar-refractivity contribution in [3.8, 4) is 0 Å². The number of nitrogens with zero attached hydrogens (tertiary/aromatic N) is 4. The van der Waals surface area contributed by atoms with E-state index in [0.717, 1.165) is 23.3 Å². The monoisotopic (exact) mass is 327 g/mol. The fourth-order valence-corrected chi connectivity index (χ4v) is 3.03. The minimum atomic E-state index is -4.51. The van der Waals surface area contributed by atoms with Gasteiger partial charge in [0.1, 0.15) is 5.69 Å². The van der Waals surface area contributed by atoms with Gasteiger partial charge in [-0.05, 0) is 25.5 Å². The average molecular weight is 327 g/mol. The predicted octanol–water partition coefficient (Wildman–Crippen LogP) is 1.76. The molecule has 23 heavy (non-hydrogen) atoms. The fourth-order valence-electron chi connectivity index (χ4n) is 3.03. The summed E-state index contributed by atoms with van der Waals surface area (Å²) < 4.78 is 40.8. The number of primary amides is 1. The first-order chi connectivity index (χ1) is 10.9. The largest absolute Gasteiger partial charge is 0.431 e. The van der Waals surface area contributed by atoms with Crippen molar-refractivity contribution in [2.75, 3.05) is 13.1 Å². The minimum absolute atomic E-state index is 0.000534. The van der Waals surface area contributed by atoms with Crippen molar-refractivity contribution in [3.05, 3.63) is 29.8 Å². The van der Waals surface area contributed by atoms with E-state index in [9.17, 15) is 18.0 Å². The molecule has 1 atom stereocenters. The number of nitrogens with two attached hydrogens (primary N) is 1. The number of halogens is 3. The van der Waals surface area contributed by atoms with Gasteiger partial charge in [0.15, 0.2) is 0 Å². The van der Waals surface area contributed by atoms with E-state index < -0.39 is 17.8 Å². The van der Waals surface area contributed by atoms with Crippen LogP contribution in [0.1, 0.15) is 36.7 Å². The third-order valence-electron chi connectivity index (χ3n) is 4.00. The third kappa shape index (κ3) is 3.14. The van der Waals surface area contributed by atoms with Gasteiger partial charge >= 0.3 is 6.18 Å². The van der Waals surface area contributed by atoms with Gasteiger partial charge in [0.05, 0.1) is 18.3 Å². The number of likely N-dealkylation sites (tertiary alicyclic amines) is 1. The maximum Gasteiger partial charge on any atom is 0.431 e. The summed E-state index contributed by atoms with van der Waals surface area (Å²) in [6.45, 7) is 0.615. The van der Waals surface area contributed by atoms with Crippen LogP contribution in [0.25, 0.3) is 5.78 Å². The maximum absolute atomic E-state index is 13.3. The molecule has 0 saturated carbocycles. The number of imidazole rings is 1. The molecular formula is C14H16F3N5O. The Morgan fingerprint density at radius 3 is 2.87 bits per heavy atom. The van der Waals surface area contributed by atoms with Crippen molar-refractivity contribution < 1.29 is 18.0 Å². The first-order valence-corrected chi connectivity index (χ1v) is 7.30. The Labute approximate surface area is 130 Å². The Morgan fingerprint density at radius 1 is 1.39 bits per heavy atom. The van der Waals surface area contributed by atoms with Crippen LogP contribution in [0.2, 0.25) is 0 Å². The molecule has 0 aromatic carbocycles. The van der Waals surface area contributed by atoms with Crippen LogP contribution in [-0.2, 0) is 11.0 Å². The highest BCUT2D eigenvalue weighted by Gasteiger charge is 2.36. The second-order valence-corrected chi connectivity index (χ2v) is 5.61. The van der Waals surface area contributed by atoms with E-state index in [-0.39, 0.29) is 24.1 Å². The number of alkyl halides is 3. The summed E-state index contributed by atoms with van der Waals surface area (Å²) in [4.78, 5) is 21.1. The van der Waals surface area contributed by atoms with Crippen LogP contribution in [0.5, 0.6) is 0 Å². The Morgan fingerprint density at radius 2 is 2.17 bits per heavy atom. The van der Waals surface area contributed by atoms with Gasteiger partial charge in [0.25, 0.3) is 0 Å². The second kappa shape index (κ2) is 5.80. The number of hydrogen-bond donors (Lipinski definition) is 1. The molecule has 124 valence electrons. The minimum Gasteiger partial charge on any atom is -0.369 e. The zero-order valence-electron chi connectivity index (χ0n) is 12.3. The molecule has 1 fully saturated rings. The Balaban J connectivity index is 2.05. The molecule has 0 aliphatic carbocycles. The van der Waals surface area contributed by atoms with Crippen LogP contribution >= 0.6 is 0 Å². The van der Waals surface area contributed by atoms with Gasteiger partial charge in [0, 0.05) is 12.4 Å². The van der Waals surface area contributed by atoms with Gasteiger partial charge in [0.2, 0.25) is 11.7 Å². The summed E-state index contributed by atoms with van der Waals surface area (Å²) in [5.74, 6) is -0.505. The molecule has 0 radical (unpaired) electrons. The van der Waals surface area contributed by atoms with Crippen LogP contribution in [0.15, 0.2) is 18.5 Å². The van der Waals surface area contributed by atoms with Gasteiger partial charge in [-0.2, -0.15) is 13.2 Å². The van der Waals surface area contributed by atoms with E-state index in [4.69, 9.17) is 5.73 Å². The smallest absolute Gasteiger partial charge is 0.369 e. The normalized spacial score (nSPS) is 20.0. The molecule has 1 aliphatic heterocycles. The highest BCUT2D eigenvalue weighted by molar-refractivity contribution is 5.76. The van der Waals surface area contributed by atoms with E-state index >= 15 is 0 Å². The number of aromatic nitrogens is 3. The molecule has 0 spiro atoms. The molecular weight excluding hydrogens is 311 g/mol. The molecule has 1 amide bonds. The Kier molecular flexibility index (Phi) is 3.97.